The summed E-state index contributed by atoms with van der Waals surface area (Å²) >= 11 is 0. The van der Waals surface area contributed by atoms with E-state index in [-0.39, 0.29) is 24.3 Å². The monoisotopic (exact) mass is 375 g/mol. The number of pyridine rings is 1. The van der Waals surface area contributed by atoms with E-state index < -0.39 is 0 Å². The Morgan fingerprint density at radius 3 is 2.61 bits per heavy atom. The molecule has 2 N–H and O–H groups in total. The van der Waals surface area contributed by atoms with Gasteiger partial charge >= 0.3 is 0 Å². The number of carbonyl (C=O) groups is 2. The highest BCUT2D eigenvalue weighted by atomic mass is 16.7. The molecular formula is C21H17N3O4. The number of amides is 2. The predicted octanol–water partition coefficient (Wildman–Crippen LogP) is 2.99. The van der Waals surface area contributed by atoms with Gasteiger partial charge in [0.2, 0.25) is 6.79 Å². The van der Waals surface area contributed by atoms with Crippen LogP contribution in [0.25, 0.3) is 0 Å². The van der Waals surface area contributed by atoms with Gasteiger partial charge in [-0.05, 0) is 29.8 Å². The van der Waals surface area contributed by atoms with Crippen LogP contribution in [-0.2, 0) is 6.54 Å². The lowest BCUT2D eigenvalue weighted by Gasteiger charge is -2.08. The summed E-state index contributed by atoms with van der Waals surface area (Å²) in [6.45, 7) is 0.549. The summed E-state index contributed by atoms with van der Waals surface area (Å²) in [4.78, 5) is 28.9. The zero-order valence-electron chi connectivity index (χ0n) is 14.8. The quantitative estimate of drug-likeness (QED) is 0.716. The van der Waals surface area contributed by atoms with Gasteiger partial charge in [-0.15, -0.1) is 0 Å². The Morgan fingerprint density at radius 2 is 1.75 bits per heavy atom. The number of carbonyl (C=O) groups excluding carboxylic acids is 2. The summed E-state index contributed by atoms with van der Waals surface area (Å²) in [5.41, 5.74) is 2.06. The van der Waals surface area contributed by atoms with Gasteiger partial charge in [0, 0.05) is 30.1 Å². The Kier molecular flexibility index (Phi) is 4.88. The van der Waals surface area contributed by atoms with Crippen molar-refractivity contribution in [3.05, 3.63) is 83.7 Å². The minimum Gasteiger partial charge on any atom is -0.454 e. The molecule has 7 heteroatoms. The first-order valence-corrected chi connectivity index (χ1v) is 8.68. The minimum absolute atomic E-state index is 0.165. The maximum absolute atomic E-state index is 12.5. The van der Waals surface area contributed by atoms with Crippen LogP contribution >= 0.6 is 0 Å². The fourth-order valence-corrected chi connectivity index (χ4v) is 2.74. The molecule has 0 saturated carbocycles. The number of anilines is 1. The molecule has 0 spiro atoms. The first kappa shape index (κ1) is 17.5. The zero-order valence-corrected chi connectivity index (χ0v) is 14.8. The molecule has 0 bridgehead atoms. The van der Waals surface area contributed by atoms with E-state index in [1.54, 1.807) is 24.3 Å². The number of hydrogen-bond acceptors (Lipinski definition) is 5. The molecule has 140 valence electrons. The van der Waals surface area contributed by atoms with E-state index in [0.29, 0.717) is 29.3 Å². The molecule has 0 aliphatic carbocycles. The molecule has 7 nitrogen and oxygen atoms in total. The van der Waals surface area contributed by atoms with E-state index in [1.807, 2.05) is 30.3 Å². The van der Waals surface area contributed by atoms with Crippen LogP contribution in [-0.4, -0.2) is 23.6 Å². The molecule has 2 aromatic carbocycles. The van der Waals surface area contributed by atoms with E-state index in [0.717, 1.165) is 5.56 Å². The van der Waals surface area contributed by atoms with Crippen LogP contribution in [0.1, 0.15) is 26.4 Å². The second kappa shape index (κ2) is 7.79. The SMILES string of the molecule is O=C(Nc1ccc2c(c1)OCO2)c1ccnc(C(=O)NCc2ccccc2)c1. The lowest BCUT2D eigenvalue weighted by Crippen LogP contribution is -2.24. The molecule has 2 amide bonds. The van der Waals surface area contributed by atoms with E-state index in [2.05, 4.69) is 15.6 Å². The van der Waals surface area contributed by atoms with Gasteiger partial charge in [0.1, 0.15) is 5.69 Å². The molecule has 3 aromatic rings. The van der Waals surface area contributed by atoms with E-state index >= 15 is 0 Å². The van der Waals surface area contributed by atoms with Crippen molar-refractivity contribution in [1.29, 1.82) is 0 Å². The number of hydrogen-bond donors (Lipinski definition) is 2. The number of rotatable bonds is 5. The summed E-state index contributed by atoms with van der Waals surface area (Å²) < 4.78 is 10.6. The van der Waals surface area contributed by atoms with Crippen molar-refractivity contribution in [3.8, 4) is 11.5 Å². The van der Waals surface area contributed by atoms with Crippen molar-refractivity contribution >= 4 is 17.5 Å². The maximum Gasteiger partial charge on any atom is 0.270 e. The van der Waals surface area contributed by atoms with Gasteiger partial charge in [0.15, 0.2) is 11.5 Å². The lowest BCUT2D eigenvalue weighted by molar-refractivity contribution is 0.0946. The average Bonchev–Trinajstić information content (AvgIpc) is 3.21. The first-order chi connectivity index (χ1) is 13.7. The van der Waals surface area contributed by atoms with E-state index in [9.17, 15) is 9.59 Å². The number of aromatic nitrogens is 1. The molecular weight excluding hydrogens is 358 g/mol. The van der Waals surface area contributed by atoms with Crippen molar-refractivity contribution < 1.29 is 19.1 Å². The summed E-state index contributed by atoms with van der Waals surface area (Å²) in [6.07, 6.45) is 1.44. The van der Waals surface area contributed by atoms with Crippen LogP contribution in [0.2, 0.25) is 0 Å². The van der Waals surface area contributed by atoms with Crippen LogP contribution in [0.5, 0.6) is 11.5 Å². The third-order valence-electron chi connectivity index (χ3n) is 4.18. The van der Waals surface area contributed by atoms with Crippen LogP contribution < -0.4 is 20.1 Å². The average molecular weight is 375 g/mol. The number of benzene rings is 2. The smallest absolute Gasteiger partial charge is 0.270 e. The molecule has 0 radical (unpaired) electrons. The third kappa shape index (κ3) is 3.93. The Morgan fingerprint density at radius 1 is 0.929 bits per heavy atom. The summed E-state index contributed by atoms with van der Waals surface area (Å²) in [5.74, 6) is 0.521. The lowest BCUT2D eigenvalue weighted by atomic mass is 10.2. The summed E-state index contributed by atoms with van der Waals surface area (Å²) in [6, 6.07) is 17.7. The number of ether oxygens (including phenoxy) is 2. The zero-order chi connectivity index (χ0) is 19.3. The Hall–Kier alpha value is -3.87. The van der Waals surface area contributed by atoms with Gasteiger partial charge in [0.25, 0.3) is 11.8 Å². The van der Waals surface area contributed by atoms with Crippen LogP contribution in [0.15, 0.2) is 66.9 Å². The maximum atomic E-state index is 12.5. The highest BCUT2D eigenvalue weighted by Crippen LogP contribution is 2.34. The van der Waals surface area contributed by atoms with Gasteiger partial charge < -0.3 is 20.1 Å². The predicted molar refractivity (Wildman–Crippen MR) is 102 cm³/mol. The molecule has 4 rings (SSSR count). The molecule has 1 aliphatic heterocycles. The molecule has 1 aromatic heterocycles. The highest BCUT2D eigenvalue weighted by Gasteiger charge is 2.16. The summed E-state index contributed by atoms with van der Waals surface area (Å²) in [7, 11) is 0. The number of nitrogens with one attached hydrogen (secondary N) is 2. The topological polar surface area (TPSA) is 89.6 Å². The van der Waals surface area contributed by atoms with Crippen molar-refractivity contribution in [2.45, 2.75) is 6.54 Å². The van der Waals surface area contributed by atoms with Gasteiger partial charge in [0.05, 0.1) is 0 Å². The number of fused-ring (bicyclic) bond motifs is 1. The highest BCUT2D eigenvalue weighted by molar-refractivity contribution is 6.05. The Balaban J connectivity index is 1.42. The number of nitrogens with zero attached hydrogens (tertiary/aromatic N) is 1. The second-order valence-electron chi connectivity index (χ2n) is 6.12. The molecule has 2 heterocycles. The Bertz CT molecular complexity index is 1020. The van der Waals surface area contributed by atoms with Gasteiger partial charge in [-0.25, -0.2) is 0 Å². The second-order valence-corrected chi connectivity index (χ2v) is 6.12. The fourth-order valence-electron chi connectivity index (χ4n) is 2.74. The fraction of sp³-hybridized carbons (Fsp3) is 0.0952. The van der Waals surface area contributed by atoms with Crippen molar-refractivity contribution in [2.75, 3.05) is 12.1 Å². The van der Waals surface area contributed by atoms with Gasteiger partial charge in [-0.2, -0.15) is 0 Å². The first-order valence-electron chi connectivity index (χ1n) is 8.68. The van der Waals surface area contributed by atoms with Crippen molar-refractivity contribution in [1.82, 2.24) is 10.3 Å². The van der Waals surface area contributed by atoms with Gasteiger partial charge in [-0.1, -0.05) is 30.3 Å². The third-order valence-corrected chi connectivity index (χ3v) is 4.18. The normalized spacial score (nSPS) is 11.7. The molecule has 0 atom stereocenters. The van der Waals surface area contributed by atoms with Crippen LogP contribution in [0.3, 0.4) is 0 Å². The van der Waals surface area contributed by atoms with Crippen molar-refractivity contribution in [2.24, 2.45) is 0 Å². The van der Waals surface area contributed by atoms with E-state index in [4.69, 9.17) is 9.47 Å². The molecule has 0 unspecified atom stereocenters. The van der Waals surface area contributed by atoms with Crippen LogP contribution in [0.4, 0.5) is 5.69 Å². The van der Waals surface area contributed by atoms with Crippen molar-refractivity contribution in [3.63, 3.8) is 0 Å². The molecule has 1 aliphatic rings. The molecule has 0 fully saturated rings. The molecule has 0 saturated heterocycles. The Labute approximate surface area is 161 Å². The molecule has 28 heavy (non-hydrogen) atoms. The summed E-state index contributed by atoms with van der Waals surface area (Å²) in [5, 5.41) is 5.57. The van der Waals surface area contributed by atoms with E-state index in [1.165, 1.54) is 12.3 Å². The standard InChI is InChI=1S/C21H17N3O4/c25-20(24-16-6-7-18-19(11-16)28-13-27-18)15-8-9-22-17(10-15)21(26)23-12-14-4-2-1-3-5-14/h1-11H,12-13H2,(H,23,26)(H,24,25). The van der Waals surface area contributed by atoms with Crippen LogP contribution in [0, 0.1) is 0 Å². The van der Waals surface area contributed by atoms with Gasteiger partial charge in [-0.3, -0.25) is 14.6 Å². The minimum atomic E-state index is -0.349. The largest absolute Gasteiger partial charge is 0.454 e.